The van der Waals surface area contributed by atoms with Crippen molar-refractivity contribution in [2.75, 3.05) is 0 Å². The molecule has 21 heavy (non-hydrogen) atoms. The van der Waals surface area contributed by atoms with Gasteiger partial charge in [-0.15, -0.1) is 0 Å². The van der Waals surface area contributed by atoms with Gasteiger partial charge in [0.25, 0.3) is 0 Å². The van der Waals surface area contributed by atoms with Crippen LogP contribution in [0.15, 0.2) is 52.7 Å². The van der Waals surface area contributed by atoms with Crippen molar-refractivity contribution in [3.8, 4) is 5.75 Å². The van der Waals surface area contributed by atoms with Crippen molar-refractivity contribution in [2.45, 2.75) is 19.8 Å². The topological polar surface area (TPSA) is 26.3 Å². The molecule has 0 radical (unpaired) electrons. The van der Waals surface area contributed by atoms with Gasteiger partial charge >= 0.3 is 0 Å². The standard InChI is InChI=1S/C18H15BrO2/c1-11-5-3-4-6-14(11)18-12(2)21-17-8-7-13(19)9-15(17)16(18)10-20/h3-10,16H,1-2H3. The summed E-state index contributed by atoms with van der Waals surface area (Å²) in [5, 5.41) is 0. The van der Waals surface area contributed by atoms with Gasteiger partial charge in [-0.3, -0.25) is 0 Å². The van der Waals surface area contributed by atoms with Crippen LogP contribution in [-0.4, -0.2) is 6.29 Å². The molecule has 3 rings (SSSR count). The Morgan fingerprint density at radius 1 is 1.14 bits per heavy atom. The number of carbonyl (C=O) groups excluding carboxylic acids is 1. The van der Waals surface area contributed by atoms with Crippen molar-refractivity contribution in [1.29, 1.82) is 0 Å². The Bertz CT molecular complexity index is 747. The zero-order chi connectivity index (χ0) is 15.0. The molecule has 0 fully saturated rings. The molecule has 2 aromatic carbocycles. The summed E-state index contributed by atoms with van der Waals surface area (Å²) < 4.78 is 6.89. The molecule has 0 N–H and O–H groups in total. The van der Waals surface area contributed by atoms with E-state index in [0.717, 1.165) is 44.5 Å². The Kier molecular flexibility index (Phi) is 3.68. The Balaban J connectivity index is 2.21. The van der Waals surface area contributed by atoms with Crippen molar-refractivity contribution in [3.05, 3.63) is 69.4 Å². The van der Waals surface area contributed by atoms with Gasteiger partial charge in [-0.05, 0) is 43.2 Å². The lowest BCUT2D eigenvalue weighted by Crippen LogP contribution is -2.15. The minimum absolute atomic E-state index is 0.299. The van der Waals surface area contributed by atoms with Gasteiger partial charge in [0.2, 0.25) is 0 Å². The summed E-state index contributed by atoms with van der Waals surface area (Å²) in [4.78, 5) is 11.8. The number of benzene rings is 2. The Morgan fingerprint density at radius 3 is 2.62 bits per heavy atom. The minimum atomic E-state index is -0.299. The second-order valence-corrected chi connectivity index (χ2v) is 6.10. The third kappa shape index (κ3) is 2.42. The molecule has 0 spiro atoms. The normalized spacial score (nSPS) is 17.2. The summed E-state index contributed by atoms with van der Waals surface area (Å²) in [6, 6.07) is 13.9. The van der Waals surface area contributed by atoms with Crippen LogP contribution in [0.3, 0.4) is 0 Å². The monoisotopic (exact) mass is 342 g/mol. The molecular formula is C18H15BrO2. The Morgan fingerprint density at radius 2 is 1.90 bits per heavy atom. The molecule has 3 heteroatoms. The summed E-state index contributed by atoms with van der Waals surface area (Å²) in [6.45, 7) is 3.97. The second kappa shape index (κ2) is 5.49. The van der Waals surface area contributed by atoms with E-state index >= 15 is 0 Å². The van der Waals surface area contributed by atoms with Crippen molar-refractivity contribution in [2.24, 2.45) is 0 Å². The van der Waals surface area contributed by atoms with Crippen molar-refractivity contribution in [3.63, 3.8) is 0 Å². The van der Waals surface area contributed by atoms with E-state index in [0.29, 0.717) is 0 Å². The Labute approximate surface area is 132 Å². The van der Waals surface area contributed by atoms with Gasteiger partial charge in [0, 0.05) is 15.6 Å². The maximum absolute atomic E-state index is 11.8. The third-order valence-electron chi connectivity index (χ3n) is 3.83. The first kappa shape index (κ1) is 14.1. The third-order valence-corrected chi connectivity index (χ3v) is 4.32. The van der Waals surface area contributed by atoms with Gasteiger partial charge in [0.05, 0.1) is 5.92 Å². The number of aldehydes is 1. The quantitative estimate of drug-likeness (QED) is 0.728. The fraction of sp³-hybridized carbons (Fsp3) is 0.167. The lowest BCUT2D eigenvalue weighted by Gasteiger charge is -2.27. The van der Waals surface area contributed by atoms with E-state index in [-0.39, 0.29) is 5.92 Å². The first-order valence-corrected chi connectivity index (χ1v) is 7.60. The van der Waals surface area contributed by atoms with Crippen LogP contribution in [0.2, 0.25) is 0 Å². The van der Waals surface area contributed by atoms with Gasteiger partial charge in [-0.25, -0.2) is 0 Å². The highest BCUT2D eigenvalue weighted by Crippen LogP contribution is 2.44. The molecule has 0 bridgehead atoms. The molecule has 1 aliphatic rings. The molecule has 106 valence electrons. The molecule has 0 amide bonds. The molecule has 2 nitrogen and oxygen atoms in total. The highest BCUT2D eigenvalue weighted by atomic mass is 79.9. The number of ether oxygens (including phenoxy) is 1. The van der Waals surface area contributed by atoms with Crippen LogP contribution in [0.25, 0.3) is 5.57 Å². The molecule has 0 saturated carbocycles. The molecule has 1 unspecified atom stereocenters. The molecule has 1 aliphatic heterocycles. The fourth-order valence-electron chi connectivity index (χ4n) is 2.82. The second-order valence-electron chi connectivity index (χ2n) is 5.18. The predicted molar refractivity (Wildman–Crippen MR) is 87.3 cm³/mol. The maximum atomic E-state index is 11.8. The van der Waals surface area contributed by atoms with Gasteiger partial charge in [-0.2, -0.15) is 0 Å². The van der Waals surface area contributed by atoms with E-state index in [1.54, 1.807) is 0 Å². The highest BCUT2D eigenvalue weighted by molar-refractivity contribution is 9.10. The van der Waals surface area contributed by atoms with E-state index in [1.807, 2.05) is 56.3 Å². The van der Waals surface area contributed by atoms with Crippen LogP contribution >= 0.6 is 15.9 Å². The van der Waals surface area contributed by atoms with E-state index in [9.17, 15) is 4.79 Å². The summed E-state index contributed by atoms with van der Waals surface area (Å²) in [6.07, 6.45) is 0.999. The van der Waals surface area contributed by atoms with Crippen LogP contribution < -0.4 is 4.74 Å². The molecule has 0 saturated heterocycles. The lowest BCUT2D eigenvalue weighted by atomic mass is 9.83. The molecule has 2 aromatic rings. The van der Waals surface area contributed by atoms with Crippen LogP contribution in [0.1, 0.15) is 29.5 Å². The van der Waals surface area contributed by atoms with E-state index in [2.05, 4.69) is 15.9 Å². The van der Waals surface area contributed by atoms with Crippen LogP contribution in [0, 0.1) is 6.92 Å². The first-order chi connectivity index (χ1) is 10.1. The van der Waals surface area contributed by atoms with E-state index < -0.39 is 0 Å². The van der Waals surface area contributed by atoms with Gasteiger partial charge in [0.15, 0.2) is 0 Å². The number of carbonyl (C=O) groups is 1. The fourth-order valence-corrected chi connectivity index (χ4v) is 3.20. The molecule has 1 heterocycles. The number of allylic oxidation sites excluding steroid dienone is 2. The average Bonchev–Trinajstić information content (AvgIpc) is 2.47. The van der Waals surface area contributed by atoms with E-state index in [1.165, 1.54) is 0 Å². The molecule has 1 atom stereocenters. The average molecular weight is 343 g/mol. The predicted octanol–water partition coefficient (Wildman–Crippen LogP) is 4.86. The number of hydrogen-bond donors (Lipinski definition) is 0. The van der Waals surface area contributed by atoms with Crippen molar-refractivity contribution < 1.29 is 9.53 Å². The Hall–Kier alpha value is -1.87. The molecule has 0 aliphatic carbocycles. The summed E-state index contributed by atoms with van der Waals surface area (Å²) in [5.41, 5.74) is 4.07. The largest absolute Gasteiger partial charge is 0.461 e. The van der Waals surface area contributed by atoms with Gasteiger partial charge < -0.3 is 9.53 Å². The van der Waals surface area contributed by atoms with Crippen LogP contribution in [0.4, 0.5) is 0 Å². The van der Waals surface area contributed by atoms with Crippen molar-refractivity contribution >= 4 is 27.8 Å². The lowest BCUT2D eigenvalue weighted by molar-refractivity contribution is -0.108. The highest BCUT2D eigenvalue weighted by Gasteiger charge is 2.29. The zero-order valence-corrected chi connectivity index (χ0v) is 13.5. The summed E-state index contributed by atoms with van der Waals surface area (Å²) in [5.74, 6) is 1.24. The number of halogens is 1. The van der Waals surface area contributed by atoms with Crippen molar-refractivity contribution in [1.82, 2.24) is 0 Å². The summed E-state index contributed by atoms with van der Waals surface area (Å²) >= 11 is 3.47. The van der Waals surface area contributed by atoms with E-state index in [4.69, 9.17) is 4.74 Å². The van der Waals surface area contributed by atoms with Crippen LogP contribution in [-0.2, 0) is 4.79 Å². The zero-order valence-electron chi connectivity index (χ0n) is 11.9. The SMILES string of the molecule is CC1=C(c2ccccc2C)C(C=O)c2cc(Br)ccc2O1. The van der Waals surface area contributed by atoms with Gasteiger partial charge in [0.1, 0.15) is 17.8 Å². The number of fused-ring (bicyclic) bond motifs is 1. The van der Waals surface area contributed by atoms with Crippen LogP contribution in [0.5, 0.6) is 5.75 Å². The summed E-state index contributed by atoms with van der Waals surface area (Å²) in [7, 11) is 0. The smallest absolute Gasteiger partial charge is 0.132 e. The van der Waals surface area contributed by atoms with Gasteiger partial charge in [-0.1, -0.05) is 40.2 Å². The molecule has 0 aromatic heterocycles. The minimum Gasteiger partial charge on any atom is -0.461 e. The first-order valence-electron chi connectivity index (χ1n) is 6.81. The molecular weight excluding hydrogens is 328 g/mol. The maximum Gasteiger partial charge on any atom is 0.132 e. The number of rotatable bonds is 2. The number of aryl methyl sites for hydroxylation is 1. The number of hydrogen-bond acceptors (Lipinski definition) is 2.